The SMILES string of the molecule is CCC(C)CCCCCCCCC(=O)OC[C@H](COP(=O)(O)OC[C@H](O)COP(=O)(O)OC[C@@H](COC(=O)CCCCCCCCCCC(C)C)OC(=O)CCCCCCCCCCCC(C)C)OC(=O)CCCCCCCCC(C)C. The van der Waals surface area contributed by atoms with Crippen molar-refractivity contribution in [2.75, 3.05) is 39.6 Å². The first-order valence-electron chi connectivity index (χ1n) is 32.7. The molecule has 0 rings (SSSR count). The van der Waals surface area contributed by atoms with E-state index >= 15 is 0 Å². The van der Waals surface area contributed by atoms with E-state index in [4.69, 9.17) is 37.0 Å². The summed E-state index contributed by atoms with van der Waals surface area (Å²) in [6.45, 7) is 13.9. The van der Waals surface area contributed by atoms with Gasteiger partial charge in [0, 0.05) is 25.7 Å². The van der Waals surface area contributed by atoms with Crippen LogP contribution in [0.25, 0.3) is 0 Å². The molecular formula is C63H122O17P2. The Hall–Kier alpha value is -1.94. The van der Waals surface area contributed by atoms with Crippen molar-refractivity contribution in [2.45, 2.75) is 318 Å². The van der Waals surface area contributed by atoms with Crippen LogP contribution in [0.4, 0.5) is 0 Å². The zero-order chi connectivity index (χ0) is 61.1. The lowest BCUT2D eigenvalue weighted by atomic mass is 10.00. The van der Waals surface area contributed by atoms with E-state index in [1.807, 2.05) is 0 Å². The van der Waals surface area contributed by atoms with E-state index in [0.29, 0.717) is 31.6 Å². The third kappa shape index (κ3) is 55.9. The molecule has 0 aliphatic carbocycles. The van der Waals surface area contributed by atoms with Gasteiger partial charge in [-0.1, -0.05) is 248 Å². The first-order valence-corrected chi connectivity index (χ1v) is 35.7. The van der Waals surface area contributed by atoms with Gasteiger partial charge < -0.3 is 33.8 Å². The summed E-state index contributed by atoms with van der Waals surface area (Å²) in [5, 5.41) is 10.5. The minimum atomic E-state index is -4.94. The van der Waals surface area contributed by atoms with Crippen LogP contribution < -0.4 is 0 Å². The first kappa shape index (κ1) is 80.1. The van der Waals surface area contributed by atoms with Gasteiger partial charge in [-0.15, -0.1) is 0 Å². The molecule has 0 aliphatic heterocycles. The van der Waals surface area contributed by atoms with Gasteiger partial charge in [0.15, 0.2) is 12.2 Å². The molecule has 0 fully saturated rings. The molecule has 17 nitrogen and oxygen atoms in total. The van der Waals surface area contributed by atoms with Crippen molar-refractivity contribution >= 4 is 39.5 Å². The zero-order valence-corrected chi connectivity index (χ0v) is 54.9. The Morgan fingerprint density at radius 3 is 0.866 bits per heavy atom. The van der Waals surface area contributed by atoms with E-state index < -0.39 is 97.5 Å². The van der Waals surface area contributed by atoms with Gasteiger partial charge in [0.25, 0.3) is 0 Å². The zero-order valence-electron chi connectivity index (χ0n) is 53.1. The van der Waals surface area contributed by atoms with Gasteiger partial charge in [-0.05, 0) is 49.4 Å². The van der Waals surface area contributed by atoms with Gasteiger partial charge in [-0.3, -0.25) is 37.3 Å². The minimum absolute atomic E-state index is 0.100. The highest BCUT2D eigenvalue weighted by Crippen LogP contribution is 2.45. The predicted octanol–water partition coefficient (Wildman–Crippen LogP) is 17.0. The molecule has 0 aliphatic rings. The van der Waals surface area contributed by atoms with Gasteiger partial charge >= 0.3 is 39.5 Å². The van der Waals surface area contributed by atoms with Gasteiger partial charge in [0.2, 0.25) is 0 Å². The molecule has 3 N–H and O–H groups in total. The fourth-order valence-electron chi connectivity index (χ4n) is 9.22. The lowest BCUT2D eigenvalue weighted by Gasteiger charge is -2.21. The molecule has 0 aromatic heterocycles. The fourth-order valence-corrected chi connectivity index (χ4v) is 10.8. The topological polar surface area (TPSA) is 237 Å². The van der Waals surface area contributed by atoms with Crippen molar-refractivity contribution in [3.8, 4) is 0 Å². The molecule has 0 spiro atoms. The van der Waals surface area contributed by atoms with Gasteiger partial charge in [-0.2, -0.15) is 0 Å². The summed E-state index contributed by atoms with van der Waals surface area (Å²) in [5.41, 5.74) is 0. The van der Waals surface area contributed by atoms with Crippen molar-refractivity contribution in [3.05, 3.63) is 0 Å². The second kappa shape index (κ2) is 53.3. The Kier molecular flexibility index (Phi) is 52.0. The maximum atomic E-state index is 13.0. The smallest absolute Gasteiger partial charge is 0.462 e. The largest absolute Gasteiger partial charge is 0.472 e. The number of aliphatic hydroxyl groups is 1. The van der Waals surface area contributed by atoms with Crippen LogP contribution in [0.3, 0.4) is 0 Å². The predicted molar refractivity (Wildman–Crippen MR) is 326 cm³/mol. The van der Waals surface area contributed by atoms with Crippen molar-refractivity contribution in [2.24, 2.45) is 23.7 Å². The van der Waals surface area contributed by atoms with E-state index in [1.54, 1.807) is 0 Å². The van der Waals surface area contributed by atoms with Crippen LogP contribution in [0.5, 0.6) is 0 Å². The third-order valence-corrected chi connectivity index (χ3v) is 16.6. The fraction of sp³-hybridized carbons (Fsp3) is 0.937. The summed E-state index contributed by atoms with van der Waals surface area (Å²) in [5.74, 6) is 0.718. The molecule has 0 saturated heterocycles. The van der Waals surface area contributed by atoms with E-state index in [1.165, 1.54) is 96.3 Å². The van der Waals surface area contributed by atoms with Crippen LogP contribution in [-0.2, 0) is 65.4 Å². The maximum absolute atomic E-state index is 13.0. The van der Waals surface area contributed by atoms with Crippen LogP contribution >= 0.6 is 15.6 Å². The molecule has 6 atom stereocenters. The Morgan fingerprint density at radius 2 is 0.585 bits per heavy atom. The van der Waals surface area contributed by atoms with Gasteiger partial charge in [0.05, 0.1) is 26.4 Å². The van der Waals surface area contributed by atoms with E-state index in [0.717, 1.165) is 114 Å². The number of esters is 4. The number of unbranched alkanes of at least 4 members (excludes halogenated alkanes) is 25. The third-order valence-electron chi connectivity index (χ3n) is 14.7. The van der Waals surface area contributed by atoms with Gasteiger partial charge in [-0.25, -0.2) is 9.13 Å². The van der Waals surface area contributed by atoms with Crippen LogP contribution in [0.1, 0.15) is 299 Å². The highest BCUT2D eigenvalue weighted by Gasteiger charge is 2.30. The Bertz CT molecular complexity index is 1650. The number of carbonyl (C=O) groups is 4. The second-order valence-electron chi connectivity index (χ2n) is 24.5. The van der Waals surface area contributed by atoms with Crippen molar-refractivity contribution in [1.29, 1.82) is 0 Å². The summed E-state index contributed by atoms with van der Waals surface area (Å²) in [6, 6.07) is 0. The number of ether oxygens (including phenoxy) is 4. The molecule has 0 radical (unpaired) electrons. The Morgan fingerprint density at radius 1 is 0.341 bits per heavy atom. The first-order chi connectivity index (χ1) is 39.1. The number of rotatable bonds is 60. The van der Waals surface area contributed by atoms with E-state index in [-0.39, 0.29) is 25.7 Å². The molecule has 3 unspecified atom stereocenters. The lowest BCUT2D eigenvalue weighted by molar-refractivity contribution is -0.161. The summed E-state index contributed by atoms with van der Waals surface area (Å²) < 4.78 is 67.9. The average molecular weight is 1210 g/mol. The van der Waals surface area contributed by atoms with Crippen molar-refractivity contribution in [1.82, 2.24) is 0 Å². The minimum Gasteiger partial charge on any atom is -0.462 e. The summed E-state index contributed by atoms with van der Waals surface area (Å²) >= 11 is 0. The number of hydrogen-bond acceptors (Lipinski definition) is 15. The number of phosphoric acid groups is 2. The highest BCUT2D eigenvalue weighted by atomic mass is 31.2. The van der Waals surface area contributed by atoms with Crippen LogP contribution in [-0.4, -0.2) is 96.7 Å². The maximum Gasteiger partial charge on any atom is 0.472 e. The summed E-state index contributed by atoms with van der Waals surface area (Å²) in [7, 11) is -9.89. The summed E-state index contributed by atoms with van der Waals surface area (Å²) in [6.07, 6.45) is 32.3. The molecule has 0 heterocycles. The molecule has 19 heteroatoms. The molecular weight excluding hydrogens is 1090 g/mol. The van der Waals surface area contributed by atoms with Crippen molar-refractivity contribution < 1.29 is 80.2 Å². The number of phosphoric ester groups is 2. The van der Waals surface area contributed by atoms with Crippen LogP contribution in [0.15, 0.2) is 0 Å². The number of carbonyl (C=O) groups excluding carboxylic acids is 4. The van der Waals surface area contributed by atoms with E-state index in [9.17, 15) is 43.2 Å². The molecule has 486 valence electrons. The monoisotopic (exact) mass is 1210 g/mol. The highest BCUT2D eigenvalue weighted by molar-refractivity contribution is 7.47. The van der Waals surface area contributed by atoms with Crippen LogP contribution in [0.2, 0.25) is 0 Å². The number of aliphatic hydroxyl groups excluding tert-OH is 1. The van der Waals surface area contributed by atoms with Gasteiger partial charge in [0.1, 0.15) is 19.3 Å². The second-order valence-corrected chi connectivity index (χ2v) is 27.4. The molecule has 82 heavy (non-hydrogen) atoms. The van der Waals surface area contributed by atoms with Crippen LogP contribution in [0, 0.1) is 23.7 Å². The lowest BCUT2D eigenvalue weighted by Crippen LogP contribution is -2.30. The molecule has 0 amide bonds. The average Bonchev–Trinajstić information content (AvgIpc) is 3.45. The van der Waals surface area contributed by atoms with E-state index in [2.05, 4.69) is 55.4 Å². The molecule has 0 aromatic rings. The normalized spacial score (nSPS) is 14.8. The Labute approximate surface area is 498 Å². The standard InChI is InChI=1S/C63H122O17P2/c1-9-56(8)42-34-26-20-22-28-36-44-61(66)74-50-59(80-63(68)46-38-30-21-19-25-33-41-55(6)7)52-78-82(71,72)76-48-57(64)47-75-81(69,70)77-51-58(49-73-60(65)43-35-27-17-14-13-16-24-32-40-54(4)5)79-62(67)45-37-29-18-12-10-11-15-23-31-39-53(2)3/h53-59,64H,9-52H2,1-8H3,(H,69,70)(H,71,72)/t56?,57-,58-,59-/m1/s1. The number of hydrogen-bond donors (Lipinski definition) is 3. The molecule has 0 bridgehead atoms. The summed E-state index contributed by atoms with van der Waals surface area (Å²) in [4.78, 5) is 72.1. The van der Waals surface area contributed by atoms with Crippen molar-refractivity contribution in [3.63, 3.8) is 0 Å². The quantitative estimate of drug-likeness (QED) is 0.0222. The molecule has 0 saturated carbocycles. The molecule has 0 aromatic carbocycles. The Balaban J connectivity index is 5.25.